The first-order valence-corrected chi connectivity index (χ1v) is 8.73. The smallest absolute Gasteiger partial charge is 0.191 e. The summed E-state index contributed by atoms with van der Waals surface area (Å²) in [4.78, 5) is 6.67. The number of aryl methyl sites for hydroxylation is 1. The third-order valence-corrected chi connectivity index (χ3v) is 4.64. The van der Waals surface area contributed by atoms with Gasteiger partial charge < -0.3 is 20.1 Å². The Balaban J connectivity index is 1.85. The molecule has 1 aromatic rings. The third kappa shape index (κ3) is 4.73. The Bertz CT molecular complexity index is 502. The summed E-state index contributed by atoms with van der Waals surface area (Å²) in [5, 5.41) is 0. The van der Waals surface area contributed by atoms with Crippen molar-refractivity contribution in [3.05, 3.63) is 23.8 Å². The van der Waals surface area contributed by atoms with Gasteiger partial charge in [-0.1, -0.05) is 0 Å². The molecule has 122 valence electrons. The molecule has 1 aliphatic rings. The molecule has 0 saturated carbocycles. The van der Waals surface area contributed by atoms with Crippen LogP contribution in [-0.2, 0) is 6.42 Å². The summed E-state index contributed by atoms with van der Waals surface area (Å²) < 4.78 is 10.7. The van der Waals surface area contributed by atoms with E-state index in [2.05, 4.69) is 9.89 Å². The van der Waals surface area contributed by atoms with E-state index in [0.29, 0.717) is 5.96 Å². The highest BCUT2D eigenvalue weighted by Gasteiger charge is 2.11. The second-order valence-electron chi connectivity index (χ2n) is 5.12. The summed E-state index contributed by atoms with van der Waals surface area (Å²) in [6, 6.07) is 5.87. The molecule has 1 saturated heterocycles. The van der Waals surface area contributed by atoms with E-state index >= 15 is 0 Å². The van der Waals surface area contributed by atoms with E-state index in [1.807, 2.05) is 30.0 Å². The summed E-state index contributed by atoms with van der Waals surface area (Å²) in [6.45, 7) is 2.74. The Kier molecular flexibility index (Phi) is 6.71. The summed E-state index contributed by atoms with van der Waals surface area (Å²) >= 11 is 1.97. The second-order valence-corrected chi connectivity index (χ2v) is 6.35. The van der Waals surface area contributed by atoms with E-state index in [1.165, 1.54) is 0 Å². The van der Waals surface area contributed by atoms with Gasteiger partial charge >= 0.3 is 0 Å². The van der Waals surface area contributed by atoms with Crippen molar-refractivity contribution in [2.75, 3.05) is 45.4 Å². The molecule has 0 bridgehead atoms. The maximum absolute atomic E-state index is 6.05. The highest BCUT2D eigenvalue weighted by molar-refractivity contribution is 7.99. The predicted octanol–water partition coefficient (Wildman–Crippen LogP) is 2.00. The molecule has 0 aliphatic carbocycles. The standard InChI is InChI=1S/C16H25N3O2S/c1-20-14-5-6-15(21-2)13(12-14)4-3-7-18-16(17)19-8-10-22-11-9-19/h5-6,12H,3-4,7-11H2,1-2H3,(H2,17,18). The summed E-state index contributed by atoms with van der Waals surface area (Å²) in [5.41, 5.74) is 7.20. The third-order valence-electron chi connectivity index (χ3n) is 3.70. The normalized spacial score (nSPS) is 15.7. The molecule has 0 amide bonds. The molecule has 0 unspecified atom stereocenters. The van der Waals surface area contributed by atoms with Crippen molar-refractivity contribution >= 4 is 17.7 Å². The molecule has 1 aromatic carbocycles. The number of hydrogen-bond donors (Lipinski definition) is 1. The fourth-order valence-electron chi connectivity index (χ4n) is 2.43. The lowest BCUT2D eigenvalue weighted by molar-refractivity contribution is 0.398. The van der Waals surface area contributed by atoms with Crippen molar-refractivity contribution in [1.29, 1.82) is 0 Å². The molecule has 1 aliphatic heterocycles. The zero-order valence-electron chi connectivity index (χ0n) is 13.4. The van der Waals surface area contributed by atoms with Gasteiger partial charge in [0.25, 0.3) is 0 Å². The van der Waals surface area contributed by atoms with Crippen molar-refractivity contribution < 1.29 is 9.47 Å². The molecule has 1 heterocycles. The topological polar surface area (TPSA) is 60.1 Å². The largest absolute Gasteiger partial charge is 0.497 e. The number of nitrogens with two attached hydrogens (primary N) is 1. The van der Waals surface area contributed by atoms with E-state index in [0.717, 1.165) is 61.0 Å². The van der Waals surface area contributed by atoms with Crippen molar-refractivity contribution in [3.8, 4) is 11.5 Å². The molecule has 6 heteroatoms. The van der Waals surface area contributed by atoms with Crippen LogP contribution in [0.25, 0.3) is 0 Å². The van der Waals surface area contributed by atoms with Crippen LogP contribution in [0.3, 0.4) is 0 Å². The van der Waals surface area contributed by atoms with Crippen LogP contribution in [0, 0.1) is 0 Å². The van der Waals surface area contributed by atoms with Crippen molar-refractivity contribution in [2.45, 2.75) is 12.8 Å². The molecule has 0 atom stereocenters. The molecule has 2 rings (SSSR count). The highest BCUT2D eigenvalue weighted by Crippen LogP contribution is 2.25. The first-order chi connectivity index (χ1) is 10.7. The monoisotopic (exact) mass is 323 g/mol. The Hall–Kier alpha value is -1.56. The van der Waals surface area contributed by atoms with Crippen LogP contribution >= 0.6 is 11.8 Å². The number of nitrogens with zero attached hydrogens (tertiary/aromatic N) is 2. The maximum atomic E-state index is 6.05. The lowest BCUT2D eigenvalue weighted by Gasteiger charge is -2.27. The van der Waals surface area contributed by atoms with E-state index in [-0.39, 0.29) is 0 Å². The van der Waals surface area contributed by atoms with Crippen LogP contribution in [-0.4, -0.2) is 56.2 Å². The quantitative estimate of drug-likeness (QED) is 0.493. The van der Waals surface area contributed by atoms with Crippen LogP contribution < -0.4 is 15.2 Å². The van der Waals surface area contributed by atoms with Crippen molar-refractivity contribution in [2.24, 2.45) is 10.7 Å². The lowest BCUT2D eigenvalue weighted by Crippen LogP contribution is -2.42. The van der Waals surface area contributed by atoms with Crippen LogP contribution in [0.2, 0.25) is 0 Å². The number of thioether (sulfide) groups is 1. The van der Waals surface area contributed by atoms with Gasteiger partial charge in [-0.3, -0.25) is 4.99 Å². The summed E-state index contributed by atoms with van der Waals surface area (Å²) in [5.74, 6) is 4.70. The Morgan fingerprint density at radius 2 is 2.05 bits per heavy atom. The first-order valence-electron chi connectivity index (χ1n) is 7.58. The van der Waals surface area contributed by atoms with Gasteiger partial charge in [0.15, 0.2) is 5.96 Å². The Morgan fingerprint density at radius 3 is 2.73 bits per heavy atom. The molecule has 0 radical (unpaired) electrons. The van der Waals surface area contributed by atoms with E-state index in [4.69, 9.17) is 15.2 Å². The van der Waals surface area contributed by atoms with E-state index in [9.17, 15) is 0 Å². The number of benzene rings is 1. The second kappa shape index (κ2) is 8.78. The van der Waals surface area contributed by atoms with E-state index in [1.54, 1.807) is 14.2 Å². The summed E-state index contributed by atoms with van der Waals surface area (Å²) in [7, 11) is 3.36. The van der Waals surface area contributed by atoms with Gasteiger partial charge in [0.05, 0.1) is 14.2 Å². The minimum Gasteiger partial charge on any atom is -0.497 e. The molecular weight excluding hydrogens is 298 g/mol. The van der Waals surface area contributed by atoms with Crippen LogP contribution in [0.5, 0.6) is 11.5 Å². The number of aliphatic imine (C=N–C) groups is 1. The number of ether oxygens (including phenoxy) is 2. The SMILES string of the molecule is COc1ccc(OC)c(CCCN=C(N)N2CCSCC2)c1. The highest BCUT2D eigenvalue weighted by atomic mass is 32.2. The first kappa shape index (κ1) is 16.8. The molecular formula is C16H25N3O2S. The summed E-state index contributed by atoms with van der Waals surface area (Å²) in [6.07, 6.45) is 1.83. The van der Waals surface area contributed by atoms with Gasteiger partial charge in [0.1, 0.15) is 11.5 Å². The van der Waals surface area contributed by atoms with Gasteiger partial charge in [-0.15, -0.1) is 0 Å². The van der Waals surface area contributed by atoms with Gasteiger partial charge in [0.2, 0.25) is 0 Å². The van der Waals surface area contributed by atoms with Gasteiger partial charge in [-0.05, 0) is 36.6 Å². The van der Waals surface area contributed by atoms with Crippen LogP contribution in [0.4, 0.5) is 0 Å². The molecule has 5 nitrogen and oxygen atoms in total. The molecule has 0 aromatic heterocycles. The average molecular weight is 323 g/mol. The van der Waals surface area contributed by atoms with E-state index < -0.39 is 0 Å². The minimum atomic E-state index is 0.679. The molecule has 0 spiro atoms. The number of methoxy groups -OCH3 is 2. The van der Waals surface area contributed by atoms with Gasteiger partial charge in [-0.25, -0.2) is 0 Å². The number of hydrogen-bond acceptors (Lipinski definition) is 4. The van der Waals surface area contributed by atoms with Crippen molar-refractivity contribution in [1.82, 2.24) is 4.90 Å². The Morgan fingerprint density at radius 1 is 1.27 bits per heavy atom. The van der Waals surface area contributed by atoms with Gasteiger partial charge in [0, 0.05) is 31.1 Å². The molecule has 2 N–H and O–H groups in total. The minimum absolute atomic E-state index is 0.679. The fourth-order valence-corrected chi connectivity index (χ4v) is 3.34. The fraction of sp³-hybridized carbons (Fsp3) is 0.562. The zero-order valence-corrected chi connectivity index (χ0v) is 14.2. The predicted molar refractivity (Wildman–Crippen MR) is 93.3 cm³/mol. The molecule has 22 heavy (non-hydrogen) atoms. The zero-order chi connectivity index (χ0) is 15.8. The number of rotatable bonds is 6. The van der Waals surface area contributed by atoms with Gasteiger partial charge in [-0.2, -0.15) is 11.8 Å². The lowest BCUT2D eigenvalue weighted by atomic mass is 10.1. The maximum Gasteiger partial charge on any atom is 0.191 e. The van der Waals surface area contributed by atoms with Crippen LogP contribution in [0.1, 0.15) is 12.0 Å². The van der Waals surface area contributed by atoms with Crippen LogP contribution in [0.15, 0.2) is 23.2 Å². The average Bonchev–Trinajstić information content (AvgIpc) is 2.59. The molecule has 1 fully saturated rings. The Labute approximate surface area is 136 Å². The number of guanidine groups is 1. The van der Waals surface area contributed by atoms with Crippen molar-refractivity contribution in [3.63, 3.8) is 0 Å².